The van der Waals surface area contributed by atoms with Crippen molar-refractivity contribution < 1.29 is 8.42 Å². The van der Waals surface area contributed by atoms with Gasteiger partial charge in [0.1, 0.15) is 0 Å². The molecule has 0 aromatic heterocycles. The lowest BCUT2D eigenvalue weighted by Crippen LogP contribution is -2.29. The third-order valence-electron chi connectivity index (χ3n) is 3.20. The van der Waals surface area contributed by atoms with Crippen molar-refractivity contribution in [2.75, 3.05) is 18.8 Å². The van der Waals surface area contributed by atoms with Crippen molar-refractivity contribution in [3.63, 3.8) is 0 Å². The van der Waals surface area contributed by atoms with Crippen LogP contribution in [0.4, 0.5) is 0 Å². The molecule has 1 aromatic carbocycles. The van der Waals surface area contributed by atoms with E-state index in [4.69, 9.17) is 0 Å². The quantitative estimate of drug-likeness (QED) is 0.688. The Morgan fingerprint density at radius 3 is 2.40 bits per heavy atom. The summed E-state index contributed by atoms with van der Waals surface area (Å²) < 4.78 is 26.7. The van der Waals surface area contributed by atoms with Crippen molar-refractivity contribution in [1.29, 1.82) is 0 Å². The number of nitrogens with one attached hydrogen (secondary N) is 2. The topological polar surface area (TPSA) is 58.2 Å². The van der Waals surface area contributed by atoms with E-state index in [0.717, 1.165) is 25.1 Å². The maximum atomic E-state index is 12.0. The molecule has 1 unspecified atom stereocenters. The van der Waals surface area contributed by atoms with Crippen molar-refractivity contribution >= 4 is 10.0 Å². The van der Waals surface area contributed by atoms with Gasteiger partial charge in [0.05, 0.1) is 5.75 Å². The van der Waals surface area contributed by atoms with Crippen LogP contribution in [0.5, 0.6) is 0 Å². The zero-order valence-corrected chi connectivity index (χ0v) is 13.5. The molecule has 0 aliphatic rings. The average Bonchev–Trinajstić information content (AvgIpc) is 2.38. The van der Waals surface area contributed by atoms with Gasteiger partial charge in [-0.2, -0.15) is 0 Å². The predicted molar refractivity (Wildman–Crippen MR) is 84.3 cm³/mol. The second-order valence-corrected chi connectivity index (χ2v) is 7.00. The van der Waals surface area contributed by atoms with Crippen LogP contribution in [0, 0.1) is 6.92 Å². The molecule has 0 spiro atoms. The smallest absolute Gasteiger partial charge is 0.212 e. The van der Waals surface area contributed by atoms with Crippen molar-refractivity contribution in [3.05, 3.63) is 35.4 Å². The Labute approximate surface area is 123 Å². The molecule has 0 amide bonds. The Kier molecular flexibility index (Phi) is 7.19. The minimum Gasteiger partial charge on any atom is -0.317 e. The van der Waals surface area contributed by atoms with Crippen molar-refractivity contribution in [2.24, 2.45) is 0 Å². The molecule has 0 radical (unpaired) electrons. The maximum Gasteiger partial charge on any atom is 0.212 e. The van der Waals surface area contributed by atoms with E-state index in [1.165, 1.54) is 5.56 Å². The first kappa shape index (κ1) is 17.1. The lowest BCUT2D eigenvalue weighted by atomic mass is 10.1. The first-order valence-corrected chi connectivity index (χ1v) is 8.87. The molecule has 1 aromatic rings. The molecule has 1 atom stereocenters. The highest BCUT2D eigenvalue weighted by atomic mass is 32.2. The van der Waals surface area contributed by atoms with E-state index in [-0.39, 0.29) is 11.8 Å². The fourth-order valence-corrected chi connectivity index (χ4v) is 3.35. The monoisotopic (exact) mass is 298 g/mol. The Hall–Kier alpha value is -0.910. The van der Waals surface area contributed by atoms with E-state index in [9.17, 15) is 8.42 Å². The van der Waals surface area contributed by atoms with Crippen molar-refractivity contribution in [2.45, 2.75) is 39.7 Å². The summed E-state index contributed by atoms with van der Waals surface area (Å²) in [6, 6.07) is 7.74. The molecular weight excluding hydrogens is 272 g/mol. The minimum atomic E-state index is -3.20. The van der Waals surface area contributed by atoms with Gasteiger partial charge in [-0.3, -0.25) is 0 Å². The second-order valence-electron chi connectivity index (χ2n) is 5.13. The molecule has 4 nitrogen and oxygen atoms in total. The maximum absolute atomic E-state index is 12.0. The summed E-state index contributed by atoms with van der Waals surface area (Å²) in [6.07, 6.45) is 1.57. The molecule has 0 saturated carbocycles. The first-order valence-electron chi connectivity index (χ1n) is 7.22. The minimum absolute atomic E-state index is 0.186. The Morgan fingerprint density at radius 1 is 1.15 bits per heavy atom. The third kappa shape index (κ3) is 6.50. The summed E-state index contributed by atoms with van der Waals surface area (Å²) in [5.74, 6) is 0.189. The molecule has 5 heteroatoms. The van der Waals surface area contributed by atoms with E-state index < -0.39 is 10.0 Å². The van der Waals surface area contributed by atoms with Crippen LogP contribution in [0.1, 0.15) is 43.9 Å². The van der Waals surface area contributed by atoms with Gasteiger partial charge in [-0.25, -0.2) is 13.1 Å². The SMILES string of the molecule is CCNCCCCS(=O)(=O)NC(C)c1ccc(C)cc1. The molecule has 0 fully saturated rings. The summed E-state index contributed by atoms with van der Waals surface area (Å²) in [4.78, 5) is 0. The number of benzene rings is 1. The lowest BCUT2D eigenvalue weighted by molar-refractivity contribution is 0.561. The van der Waals surface area contributed by atoms with Gasteiger partial charge in [0.25, 0.3) is 0 Å². The van der Waals surface area contributed by atoms with Crippen molar-refractivity contribution in [3.8, 4) is 0 Å². The molecule has 0 bridgehead atoms. The number of sulfonamides is 1. The summed E-state index contributed by atoms with van der Waals surface area (Å²) in [5, 5.41) is 3.19. The number of aryl methyl sites for hydroxylation is 1. The zero-order valence-electron chi connectivity index (χ0n) is 12.6. The van der Waals surface area contributed by atoms with E-state index in [0.29, 0.717) is 6.42 Å². The lowest BCUT2D eigenvalue weighted by Gasteiger charge is -2.15. The van der Waals surface area contributed by atoms with Crippen LogP contribution in [0.2, 0.25) is 0 Å². The highest BCUT2D eigenvalue weighted by Crippen LogP contribution is 2.14. The zero-order chi connectivity index (χ0) is 15.0. The van der Waals surface area contributed by atoms with Gasteiger partial charge in [-0.1, -0.05) is 36.8 Å². The van der Waals surface area contributed by atoms with E-state index in [1.807, 2.05) is 45.0 Å². The number of rotatable bonds is 9. The number of hydrogen-bond acceptors (Lipinski definition) is 3. The Balaban J connectivity index is 2.43. The van der Waals surface area contributed by atoms with Gasteiger partial charge in [-0.15, -0.1) is 0 Å². The van der Waals surface area contributed by atoms with Gasteiger partial charge in [0.15, 0.2) is 0 Å². The van der Waals surface area contributed by atoms with Crippen LogP contribution in [-0.4, -0.2) is 27.3 Å². The van der Waals surface area contributed by atoms with E-state index >= 15 is 0 Å². The standard InChI is InChI=1S/C15H26N2O2S/c1-4-16-11-5-6-12-20(18,19)17-14(3)15-9-7-13(2)8-10-15/h7-10,14,16-17H,4-6,11-12H2,1-3H3. The Bertz CT molecular complexity index is 483. The summed E-state index contributed by atoms with van der Waals surface area (Å²) >= 11 is 0. The molecule has 0 aliphatic heterocycles. The highest BCUT2D eigenvalue weighted by molar-refractivity contribution is 7.89. The largest absolute Gasteiger partial charge is 0.317 e. The van der Waals surface area contributed by atoms with E-state index in [1.54, 1.807) is 0 Å². The van der Waals surface area contributed by atoms with Gasteiger partial charge in [-0.05, 0) is 45.3 Å². The molecule has 0 saturated heterocycles. The fraction of sp³-hybridized carbons (Fsp3) is 0.600. The molecule has 0 heterocycles. The number of unbranched alkanes of at least 4 members (excludes halogenated alkanes) is 1. The third-order valence-corrected chi connectivity index (χ3v) is 4.74. The molecular formula is C15H26N2O2S. The van der Waals surface area contributed by atoms with Crippen LogP contribution < -0.4 is 10.0 Å². The van der Waals surface area contributed by atoms with Gasteiger partial charge in [0, 0.05) is 6.04 Å². The van der Waals surface area contributed by atoms with Gasteiger partial charge in [0.2, 0.25) is 10.0 Å². The predicted octanol–water partition coefficient (Wildman–Crippen LogP) is 2.37. The molecule has 0 aliphatic carbocycles. The van der Waals surface area contributed by atoms with Crippen LogP contribution in [-0.2, 0) is 10.0 Å². The fourth-order valence-electron chi connectivity index (χ4n) is 1.97. The Morgan fingerprint density at radius 2 is 1.80 bits per heavy atom. The van der Waals surface area contributed by atoms with Gasteiger partial charge < -0.3 is 5.32 Å². The molecule has 1 rings (SSSR count). The summed E-state index contributed by atoms with van der Waals surface area (Å²) in [6.45, 7) is 7.74. The van der Waals surface area contributed by atoms with Gasteiger partial charge >= 0.3 is 0 Å². The van der Waals surface area contributed by atoms with Crippen LogP contribution >= 0.6 is 0 Å². The first-order chi connectivity index (χ1) is 9.44. The molecule has 114 valence electrons. The second kappa shape index (κ2) is 8.39. The van der Waals surface area contributed by atoms with E-state index in [2.05, 4.69) is 10.0 Å². The summed E-state index contributed by atoms with van der Waals surface area (Å²) in [5.41, 5.74) is 2.17. The van der Waals surface area contributed by atoms with Crippen LogP contribution in [0.25, 0.3) is 0 Å². The molecule has 2 N–H and O–H groups in total. The van der Waals surface area contributed by atoms with Crippen molar-refractivity contribution in [1.82, 2.24) is 10.0 Å². The average molecular weight is 298 g/mol. The normalized spacial score (nSPS) is 13.3. The van der Waals surface area contributed by atoms with Crippen LogP contribution in [0.3, 0.4) is 0 Å². The number of hydrogen-bond donors (Lipinski definition) is 2. The summed E-state index contributed by atoms with van der Waals surface area (Å²) in [7, 11) is -3.20. The van der Waals surface area contributed by atoms with Crippen LogP contribution in [0.15, 0.2) is 24.3 Å². The highest BCUT2D eigenvalue weighted by Gasteiger charge is 2.15. The molecule has 20 heavy (non-hydrogen) atoms.